The molecule has 0 heterocycles. The smallest absolute Gasteiger partial charge is 0.0695 e. The maximum atomic E-state index is 9.40. The molecule has 0 amide bonds. The number of hydrogen-bond donors (Lipinski definition) is 0. The first-order chi connectivity index (χ1) is 6.29. The lowest BCUT2D eigenvalue weighted by Crippen LogP contribution is -2.29. The second-order valence-corrected chi connectivity index (χ2v) is 4.93. The van der Waals surface area contributed by atoms with Crippen molar-refractivity contribution in [3.63, 3.8) is 0 Å². The van der Waals surface area contributed by atoms with Gasteiger partial charge in [-0.25, -0.2) is 0 Å². The monoisotopic (exact) mass is 177 g/mol. The van der Waals surface area contributed by atoms with Crippen molar-refractivity contribution in [1.82, 2.24) is 0 Å². The lowest BCUT2D eigenvalue weighted by Gasteiger charge is -2.32. The summed E-state index contributed by atoms with van der Waals surface area (Å²) in [6.45, 7) is 2.29. The van der Waals surface area contributed by atoms with Gasteiger partial charge < -0.3 is 0 Å². The molecule has 0 aromatic rings. The van der Waals surface area contributed by atoms with Crippen molar-refractivity contribution in [2.24, 2.45) is 17.3 Å². The average molecular weight is 177 g/mol. The Morgan fingerprint density at radius 3 is 2.31 bits per heavy atom. The second kappa shape index (κ2) is 3.33. The van der Waals surface area contributed by atoms with Gasteiger partial charge in [0, 0.05) is 0 Å². The van der Waals surface area contributed by atoms with E-state index in [4.69, 9.17) is 0 Å². The molecule has 2 aliphatic carbocycles. The average Bonchev–Trinajstić information content (AvgIpc) is 2.73. The molecule has 0 bridgehead atoms. The molecule has 2 aliphatic rings. The maximum absolute atomic E-state index is 9.40. The maximum Gasteiger partial charge on any atom is 0.0695 e. The third-order valence-corrected chi connectivity index (χ3v) is 4.40. The third-order valence-electron chi connectivity index (χ3n) is 4.40. The van der Waals surface area contributed by atoms with Crippen LogP contribution in [0.3, 0.4) is 0 Å². The van der Waals surface area contributed by atoms with E-state index >= 15 is 0 Å². The molecule has 2 saturated carbocycles. The Kier molecular flexibility index (Phi) is 2.32. The Hall–Kier alpha value is -0.510. The van der Waals surface area contributed by atoms with Crippen molar-refractivity contribution in [2.75, 3.05) is 0 Å². The summed E-state index contributed by atoms with van der Waals surface area (Å²) in [6.07, 6.45) is 9.10. The highest BCUT2D eigenvalue weighted by atomic mass is 14.5. The lowest BCUT2D eigenvalue weighted by atomic mass is 9.69. The number of rotatable bonds is 1. The highest BCUT2D eigenvalue weighted by Crippen LogP contribution is 2.53. The fourth-order valence-electron chi connectivity index (χ4n) is 3.51. The molecule has 13 heavy (non-hydrogen) atoms. The molecular weight excluding hydrogens is 158 g/mol. The standard InChI is InChI=1S/C12H19N/c1-10-5-4-8-12(10,9-13)11-6-2-3-7-11/h10-11H,2-8H2,1H3. The predicted octanol–water partition coefficient (Wildman–Crippen LogP) is 3.51. The molecule has 0 saturated heterocycles. The number of hydrogen-bond acceptors (Lipinski definition) is 1. The van der Waals surface area contributed by atoms with Crippen LogP contribution in [0.4, 0.5) is 0 Å². The van der Waals surface area contributed by atoms with Crippen LogP contribution in [-0.4, -0.2) is 0 Å². The van der Waals surface area contributed by atoms with Crippen molar-refractivity contribution in [2.45, 2.75) is 51.9 Å². The summed E-state index contributed by atoms with van der Waals surface area (Å²) < 4.78 is 0. The van der Waals surface area contributed by atoms with Gasteiger partial charge in [-0.15, -0.1) is 0 Å². The lowest BCUT2D eigenvalue weighted by molar-refractivity contribution is 0.187. The van der Waals surface area contributed by atoms with Gasteiger partial charge in [-0.3, -0.25) is 0 Å². The Morgan fingerprint density at radius 1 is 1.15 bits per heavy atom. The summed E-state index contributed by atoms with van der Waals surface area (Å²) in [7, 11) is 0. The van der Waals surface area contributed by atoms with Crippen molar-refractivity contribution >= 4 is 0 Å². The third kappa shape index (κ3) is 1.27. The van der Waals surface area contributed by atoms with Crippen LogP contribution in [0, 0.1) is 28.6 Å². The molecular formula is C12H19N. The van der Waals surface area contributed by atoms with Gasteiger partial charge >= 0.3 is 0 Å². The Balaban J connectivity index is 2.19. The second-order valence-electron chi connectivity index (χ2n) is 4.93. The van der Waals surface area contributed by atoms with Crippen molar-refractivity contribution in [3.8, 4) is 6.07 Å². The van der Waals surface area contributed by atoms with Crippen molar-refractivity contribution < 1.29 is 0 Å². The molecule has 1 heteroatoms. The summed E-state index contributed by atoms with van der Waals surface area (Å²) in [4.78, 5) is 0. The van der Waals surface area contributed by atoms with E-state index in [1.165, 1.54) is 44.9 Å². The number of nitrogens with zero attached hydrogens (tertiary/aromatic N) is 1. The van der Waals surface area contributed by atoms with E-state index in [0.717, 1.165) is 5.92 Å². The van der Waals surface area contributed by atoms with Crippen LogP contribution in [0.5, 0.6) is 0 Å². The normalized spacial score (nSPS) is 40.8. The molecule has 0 N–H and O–H groups in total. The summed E-state index contributed by atoms with van der Waals surface area (Å²) >= 11 is 0. The van der Waals surface area contributed by atoms with Gasteiger partial charge in [0.2, 0.25) is 0 Å². The quantitative estimate of drug-likeness (QED) is 0.601. The SMILES string of the molecule is CC1CCCC1(C#N)C1CCCC1. The van der Waals surface area contributed by atoms with Crippen molar-refractivity contribution in [3.05, 3.63) is 0 Å². The van der Waals surface area contributed by atoms with Crippen LogP contribution in [0.1, 0.15) is 51.9 Å². The molecule has 0 aliphatic heterocycles. The molecule has 2 atom stereocenters. The van der Waals surface area contributed by atoms with Crippen LogP contribution in [0.25, 0.3) is 0 Å². The zero-order chi connectivity index (χ0) is 9.31. The van der Waals surface area contributed by atoms with Crippen LogP contribution >= 0.6 is 0 Å². The molecule has 0 radical (unpaired) electrons. The summed E-state index contributed by atoms with van der Waals surface area (Å²) in [6, 6.07) is 2.67. The highest BCUT2D eigenvalue weighted by Gasteiger charge is 2.47. The molecule has 1 nitrogen and oxygen atoms in total. The first kappa shape index (κ1) is 9.06. The first-order valence-corrected chi connectivity index (χ1v) is 5.71. The zero-order valence-electron chi connectivity index (χ0n) is 8.55. The summed E-state index contributed by atoms with van der Waals surface area (Å²) in [5.74, 6) is 1.38. The fraction of sp³-hybridized carbons (Fsp3) is 0.917. The van der Waals surface area contributed by atoms with E-state index in [2.05, 4.69) is 13.0 Å². The van der Waals surface area contributed by atoms with E-state index in [0.29, 0.717) is 5.92 Å². The van der Waals surface area contributed by atoms with Gasteiger partial charge in [0.15, 0.2) is 0 Å². The minimum absolute atomic E-state index is 0.0799. The van der Waals surface area contributed by atoms with Crippen LogP contribution in [-0.2, 0) is 0 Å². The van der Waals surface area contributed by atoms with Gasteiger partial charge in [-0.2, -0.15) is 5.26 Å². The molecule has 72 valence electrons. The van der Waals surface area contributed by atoms with E-state index in [-0.39, 0.29) is 5.41 Å². The van der Waals surface area contributed by atoms with Gasteiger partial charge in [0.05, 0.1) is 11.5 Å². The van der Waals surface area contributed by atoms with Gasteiger partial charge in [0.25, 0.3) is 0 Å². The summed E-state index contributed by atoms with van der Waals surface area (Å²) in [5, 5.41) is 9.40. The van der Waals surface area contributed by atoms with Crippen LogP contribution in [0.15, 0.2) is 0 Å². The minimum atomic E-state index is 0.0799. The largest absolute Gasteiger partial charge is 0.198 e. The van der Waals surface area contributed by atoms with Gasteiger partial charge in [-0.1, -0.05) is 26.2 Å². The molecule has 2 rings (SSSR count). The Bertz CT molecular complexity index is 222. The van der Waals surface area contributed by atoms with Crippen LogP contribution < -0.4 is 0 Å². The van der Waals surface area contributed by atoms with E-state index in [9.17, 15) is 5.26 Å². The van der Waals surface area contributed by atoms with Crippen LogP contribution in [0.2, 0.25) is 0 Å². The molecule has 0 aromatic carbocycles. The van der Waals surface area contributed by atoms with E-state index in [1.54, 1.807) is 0 Å². The fourth-order valence-corrected chi connectivity index (χ4v) is 3.51. The molecule has 2 unspecified atom stereocenters. The summed E-state index contributed by atoms with van der Waals surface area (Å²) in [5.41, 5.74) is 0.0799. The Morgan fingerprint density at radius 2 is 1.85 bits per heavy atom. The van der Waals surface area contributed by atoms with E-state index < -0.39 is 0 Å². The van der Waals surface area contributed by atoms with Crippen molar-refractivity contribution in [1.29, 1.82) is 5.26 Å². The Labute approximate surface area is 81.1 Å². The zero-order valence-corrected chi connectivity index (χ0v) is 8.55. The molecule has 0 spiro atoms. The highest BCUT2D eigenvalue weighted by molar-refractivity contribution is 5.09. The molecule has 0 aromatic heterocycles. The number of nitriles is 1. The molecule has 2 fully saturated rings. The predicted molar refractivity (Wildman–Crippen MR) is 53.0 cm³/mol. The van der Waals surface area contributed by atoms with E-state index in [1.807, 2.05) is 0 Å². The first-order valence-electron chi connectivity index (χ1n) is 5.71. The van der Waals surface area contributed by atoms with Gasteiger partial charge in [0.1, 0.15) is 0 Å². The minimum Gasteiger partial charge on any atom is -0.198 e. The topological polar surface area (TPSA) is 23.8 Å². The van der Waals surface area contributed by atoms with Gasteiger partial charge in [-0.05, 0) is 37.5 Å².